The van der Waals surface area contributed by atoms with Crippen LogP contribution in [0.2, 0.25) is 0 Å². The summed E-state index contributed by atoms with van der Waals surface area (Å²) in [7, 11) is 1.47. The van der Waals surface area contributed by atoms with Gasteiger partial charge in [-0.15, -0.1) is 0 Å². The quantitative estimate of drug-likeness (QED) is 0.356. The molecule has 3 aromatic rings. The van der Waals surface area contributed by atoms with E-state index in [1.165, 1.54) is 25.3 Å². The van der Waals surface area contributed by atoms with Gasteiger partial charge in [0.05, 0.1) is 11.7 Å². The van der Waals surface area contributed by atoms with Gasteiger partial charge in [0.25, 0.3) is 5.88 Å². The van der Waals surface area contributed by atoms with E-state index in [0.717, 1.165) is 0 Å². The van der Waals surface area contributed by atoms with E-state index in [1.807, 2.05) is 13.8 Å². The van der Waals surface area contributed by atoms with E-state index in [0.29, 0.717) is 11.3 Å². The number of carbonyl (C=O) groups excluding carboxylic acids is 1. The molecule has 0 fully saturated rings. The maximum absolute atomic E-state index is 14.5. The molecule has 158 valence electrons. The Morgan fingerprint density at radius 1 is 1.10 bits per heavy atom. The van der Waals surface area contributed by atoms with Crippen molar-refractivity contribution >= 4 is 5.78 Å². The summed E-state index contributed by atoms with van der Waals surface area (Å²) < 4.78 is 40.5. The molecule has 30 heavy (non-hydrogen) atoms. The molecule has 0 radical (unpaired) electrons. The first-order valence-corrected chi connectivity index (χ1v) is 9.27. The molecule has 8 heteroatoms. The van der Waals surface area contributed by atoms with Gasteiger partial charge in [0.15, 0.2) is 24.9 Å². The summed E-state index contributed by atoms with van der Waals surface area (Å²) in [5, 5.41) is 3.68. The monoisotopic (exact) mass is 415 g/mol. The van der Waals surface area contributed by atoms with Gasteiger partial charge in [-0.05, 0) is 43.3 Å². The summed E-state index contributed by atoms with van der Waals surface area (Å²) >= 11 is 0. The molecule has 0 unspecified atom stereocenters. The van der Waals surface area contributed by atoms with Crippen molar-refractivity contribution < 1.29 is 32.7 Å². The number of methoxy groups -OCH3 is 1. The minimum Gasteiger partial charge on any atom is -0.491 e. The Morgan fingerprint density at radius 2 is 1.93 bits per heavy atom. The van der Waals surface area contributed by atoms with Gasteiger partial charge in [-0.1, -0.05) is 12.1 Å². The summed E-state index contributed by atoms with van der Waals surface area (Å²) in [5.41, 5.74) is 0.641. The predicted octanol–water partition coefficient (Wildman–Crippen LogP) is 4.51. The zero-order valence-electron chi connectivity index (χ0n) is 16.9. The van der Waals surface area contributed by atoms with Gasteiger partial charge in [-0.2, -0.15) is 0 Å². The number of benzene rings is 2. The lowest BCUT2D eigenvalue weighted by molar-refractivity contribution is 0.0453. The number of carbonyl (C=O) groups is 1. The Labute approximate surface area is 173 Å². The third-order valence-electron chi connectivity index (χ3n) is 3.92. The molecule has 0 aliphatic rings. The number of hydrogen-bond acceptors (Lipinski definition) is 7. The van der Waals surface area contributed by atoms with Crippen LogP contribution >= 0.6 is 0 Å². The fourth-order valence-corrected chi connectivity index (χ4v) is 2.61. The number of halogens is 1. The van der Waals surface area contributed by atoms with E-state index < -0.39 is 5.82 Å². The third-order valence-corrected chi connectivity index (χ3v) is 3.92. The molecule has 1 heterocycles. The molecule has 0 bridgehead atoms. The van der Waals surface area contributed by atoms with E-state index in [4.69, 9.17) is 23.5 Å². The average Bonchev–Trinajstić information content (AvgIpc) is 3.19. The zero-order chi connectivity index (χ0) is 21.5. The predicted molar refractivity (Wildman–Crippen MR) is 106 cm³/mol. The second kappa shape index (κ2) is 9.89. The number of hydrogen-bond donors (Lipinski definition) is 0. The van der Waals surface area contributed by atoms with Gasteiger partial charge < -0.3 is 23.5 Å². The third kappa shape index (κ3) is 5.57. The number of aromatic nitrogens is 1. The lowest BCUT2D eigenvalue weighted by atomic mass is 10.1. The molecule has 0 saturated carbocycles. The first kappa shape index (κ1) is 21.3. The largest absolute Gasteiger partial charge is 0.491 e. The molecule has 0 N–H and O–H groups in total. The Bertz CT molecular complexity index is 1000. The van der Waals surface area contributed by atoms with Crippen LogP contribution in [0.1, 0.15) is 24.2 Å². The maximum Gasteiger partial charge on any atom is 0.256 e. The summed E-state index contributed by atoms with van der Waals surface area (Å²) in [4.78, 5) is 12.4. The van der Waals surface area contributed by atoms with E-state index in [2.05, 4.69) is 5.16 Å². The first-order valence-electron chi connectivity index (χ1n) is 9.27. The summed E-state index contributed by atoms with van der Waals surface area (Å²) in [6, 6.07) is 12.5. The van der Waals surface area contributed by atoms with Crippen molar-refractivity contribution in [3.63, 3.8) is 0 Å². The molecule has 0 aliphatic heterocycles. The van der Waals surface area contributed by atoms with E-state index in [-0.39, 0.29) is 48.2 Å². The van der Waals surface area contributed by atoms with Crippen molar-refractivity contribution in [1.29, 1.82) is 0 Å². The van der Waals surface area contributed by atoms with Crippen LogP contribution < -0.4 is 14.2 Å². The molecule has 1 aromatic heterocycles. The van der Waals surface area contributed by atoms with Crippen LogP contribution in [0, 0.1) is 5.82 Å². The lowest BCUT2D eigenvalue weighted by Crippen LogP contribution is -2.12. The molecule has 2 aromatic carbocycles. The van der Waals surface area contributed by atoms with E-state index in [1.54, 1.807) is 30.3 Å². The summed E-state index contributed by atoms with van der Waals surface area (Å²) in [6.07, 6.45) is 0.0000680. The highest BCUT2D eigenvalue weighted by Gasteiger charge is 2.14. The Balaban J connectivity index is 1.63. The van der Waals surface area contributed by atoms with E-state index in [9.17, 15) is 9.18 Å². The Morgan fingerprint density at radius 3 is 2.67 bits per heavy atom. The molecule has 3 rings (SSSR count). The Kier molecular flexibility index (Phi) is 7.03. The minimum absolute atomic E-state index is 0.0000680. The van der Waals surface area contributed by atoms with Crippen LogP contribution in [0.5, 0.6) is 17.4 Å². The van der Waals surface area contributed by atoms with Crippen LogP contribution in [0.3, 0.4) is 0 Å². The van der Waals surface area contributed by atoms with Crippen LogP contribution in [-0.4, -0.2) is 37.6 Å². The van der Waals surface area contributed by atoms with Crippen molar-refractivity contribution in [1.82, 2.24) is 5.16 Å². The molecule has 0 atom stereocenters. The summed E-state index contributed by atoms with van der Waals surface area (Å²) in [6.45, 7) is 3.58. The normalized spacial score (nSPS) is 10.8. The van der Waals surface area contributed by atoms with Crippen molar-refractivity contribution in [3.05, 3.63) is 59.9 Å². The minimum atomic E-state index is -0.582. The van der Waals surface area contributed by atoms with Crippen LogP contribution in [0.4, 0.5) is 4.39 Å². The van der Waals surface area contributed by atoms with Crippen LogP contribution in [-0.2, 0) is 4.74 Å². The average molecular weight is 415 g/mol. The van der Waals surface area contributed by atoms with Gasteiger partial charge >= 0.3 is 0 Å². The van der Waals surface area contributed by atoms with Gasteiger partial charge in [0.2, 0.25) is 0 Å². The van der Waals surface area contributed by atoms with E-state index >= 15 is 0 Å². The number of rotatable bonds is 10. The maximum atomic E-state index is 14.5. The topological polar surface area (TPSA) is 80.0 Å². The van der Waals surface area contributed by atoms with Crippen molar-refractivity contribution in [2.45, 2.75) is 20.0 Å². The second-order valence-corrected chi connectivity index (χ2v) is 6.63. The van der Waals surface area contributed by atoms with Crippen molar-refractivity contribution in [2.75, 3.05) is 20.5 Å². The SMILES string of the molecule is COCOc1cc(-c2ccc(OCC(=O)c3cccc(OC(C)C)c3)cc2F)on1. The van der Waals surface area contributed by atoms with Crippen molar-refractivity contribution in [3.8, 4) is 28.7 Å². The van der Waals surface area contributed by atoms with Crippen molar-refractivity contribution in [2.24, 2.45) is 0 Å². The molecular weight excluding hydrogens is 393 g/mol. The smallest absolute Gasteiger partial charge is 0.256 e. The van der Waals surface area contributed by atoms with Gasteiger partial charge in [-0.25, -0.2) is 4.39 Å². The van der Waals surface area contributed by atoms with Gasteiger partial charge in [0.1, 0.15) is 17.3 Å². The molecule has 0 saturated heterocycles. The second-order valence-electron chi connectivity index (χ2n) is 6.63. The highest BCUT2D eigenvalue weighted by molar-refractivity contribution is 5.97. The van der Waals surface area contributed by atoms with Gasteiger partial charge in [0, 0.05) is 24.8 Å². The molecule has 0 aliphatic carbocycles. The van der Waals surface area contributed by atoms with Crippen LogP contribution in [0.15, 0.2) is 53.1 Å². The number of ether oxygens (including phenoxy) is 4. The molecule has 0 spiro atoms. The van der Waals surface area contributed by atoms with Crippen LogP contribution in [0.25, 0.3) is 11.3 Å². The highest BCUT2D eigenvalue weighted by atomic mass is 19.1. The molecule has 7 nitrogen and oxygen atoms in total. The fraction of sp³-hybridized carbons (Fsp3) is 0.273. The highest BCUT2D eigenvalue weighted by Crippen LogP contribution is 2.29. The standard InChI is InChI=1S/C22H22FNO6/c1-14(2)29-17-6-4-5-15(9-17)20(25)12-27-16-7-8-18(19(23)10-16)21-11-22(24-30-21)28-13-26-3/h4-11,14H,12-13H2,1-3H3. The Hall–Kier alpha value is -3.39. The lowest BCUT2D eigenvalue weighted by Gasteiger charge is -2.11. The number of nitrogens with zero attached hydrogens (tertiary/aromatic N) is 1. The number of ketones is 1. The molecular formula is C22H22FNO6. The fourth-order valence-electron chi connectivity index (χ4n) is 2.61. The summed E-state index contributed by atoms with van der Waals surface area (Å²) in [5.74, 6) is 0.372. The molecule has 0 amide bonds. The zero-order valence-corrected chi connectivity index (χ0v) is 16.9. The van der Waals surface area contributed by atoms with Gasteiger partial charge in [-0.3, -0.25) is 4.79 Å². The first-order chi connectivity index (χ1) is 14.5. The number of Topliss-reactive ketones (excluding diaryl/α,β-unsaturated/α-hetero) is 1.